The van der Waals surface area contributed by atoms with Crippen molar-refractivity contribution in [3.63, 3.8) is 0 Å². The zero-order valence-corrected chi connectivity index (χ0v) is 6.79. The van der Waals surface area contributed by atoms with Crippen LogP contribution >= 0.6 is 0 Å². The lowest BCUT2D eigenvalue weighted by Gasteiger charge is -2.24. The van der Waals surface area contributed by atoms with Crippen LogP contribution < -0.4 is 5.32 Å². The van der Waals surface area contributed by atoms with Crippen molar-refractivity contribution in [3.8, 4) is 0 Å². The summed E-state index contributed by atoms with van der Waals surface area (Å²) in [6, 6.07) is 0.400. The summed E-state index contributed by atoms with van der Waals surface area (Å²) < 4.78 is 0. The van der Waals surface area contributed by atoms with Crippen LogP contribution in [0.1, 0.15) is 12.8 Å². The third kappa shape index (κ3) is 1.41. The molecule has 0 spiro atoms. The maximum atomic E-state index is 9.55. The molecular weight excluding hydrogens is 140 g/mol. The predicted octanol–water partition coefficient (Wildman–Crippen LogP) is -0.585. The third-order valence-electron chi connectivity index (χ3n) is 2.76. The van der Waals surface area contributed by atoms with E-state index in [0.29, 0.717) is 6.04 Å². The van der Waals surface area contributed by atoms with Crippen LogP contribution in [-0.4, -0.2) is 48.3 Å². The van der Waals surface area contributed by atoms with Crippen molar-refractivity contribution in [2.24, 2.45) is 0 Å². The van der Waals surface area contributed by atoms with Gasteiger partial charge < -0.3 is 10.4 Å². The standard InChI is InChI=1S/C8H16N2O/c11-8-6-9-5-7(8)10-3-1-2-4-10/h7-9,11H,1-6H2/t7?,8-/m0/s1. The minimum atomic E-state index is -0.131. The Morgan fingerprint density at radius 1 is 1.18 bits per heavy atom. The molecule has 2 N–H and O–H groups in total. The highest BCUT2D eigenvalue weighted by molar-refractivity contribution is 4.89. The second kappa shape index (κ2) is 3.09. The van der Waals surface area contributed by atoms with Gasteiger partial charge in [-0.15, -0.1) is 0 Å². The van der Waals surface area contributed by atoms with Crippen LogP contribution in [0.25, 0.3) is 0 Å². The minimum Gasteiger partial charge on any atom is -0.390 e. The molecule has 2 saturated heterocycles. The van der Waals surface area contributed by atoms with E-state index < -0.39 is 0 Å². The van der Waals surface area contributed by atoms with Gasteiger partial charge >= 0.3 is 0 Å². The molecule has 1 unspecified atom stereocenters. The van der Waals surface area contributed by atoms with Gasteiger partial charge in [0.1, 0.15) is 0 Å². The summed E-state index contributed by atoms with van der Waals surface area (Å²) in [7, 11) is 0. The summed E-state index contributed by atoms with van der Waals surface area (Å²) in [4.78, 5) is 2.41. The van der Waals surface area contributed by atoms with Crippen LogP contribution in [0.15, 0.2) is 0 Å². The fourth-order valence-electron chi connectivity index (χ4n) is 2.10. The third-order valence-corrected chi connectivity index (χ3v) is 2.76. The summed E-state index contributed by atoms with van der Waals surface area (Å²) >= 11 is 0. The van der Waals surface area contributed by atoms with Gasteiger partial charge in [-0.1, -0.05) is 0 Å². The number of β-amino-alcohol motifs (C(OH)–C–C–N with tert-alkyl or cyclic N) is 1. The largest absolute Gasteiger partial charge is 0.390 e. The Hall–Kier alpha value is -0.120. The topological polar surface area (TPSA) is 35.5 Å². The molecule has 0 radical (unpaired) electrons. The van der Waals surface area contributed by atoms with E-state index in [0.717, 1.165) is 13.1 Å². The van der Waals surface area contributed by atoms with Gasteiger partial charge in [0.2, 0.25) is 0 Å². The zero-order valence-electron chi connectivity index (χ0n) is 6.79. The fraction of sp³-hybridized carbons (Fsp3) is 1.00. The van der Waals surface area contributed by atoms with E-state index in [-0.39, 0.29) is 6.10 Å². The lowest BCUT2D eigenvalue weighted by atomic mass is 10.2. The average Bonchev–Trinajstić information content (AvgIpc) is 2.55. The van der Waals surface area contributed by atoms with Gasteiger partial charge in [0.05, 0.1) is 6.10 Å². The van der Waals surface area contributed by atoms with Crippen molar-refractivity contribution in [1.29, 1.82) is 0 Å². The first kappa shape index (κ1) is 7.53. The first-order valence-corrected chi connectivity index (χ1v) is 4.51. The van der Waals surface area contributed by atoms with Crippen LogP contribution in [0.2, 0.25) is 0 Å². The average molecular weight is 156 g/mol. The quantitative estimate of drug-likeness (QED) is 0.533. The number of hydrogen-bond donors (Lipinski definition) is 2. The lowest BCUT2D eigenvalue weighted by Crippen LogP contribution is -2.41. The maximum absolute atomic E-state index is 9.55. The van der Waals surface area contributed by atoms with Gasteiger partial charge in [0.25, 0.3) is 0 Å². The predicted molar refractivity (Wildman–Crippen MR) is 43.5 cm³/mol. The highest BCUT2D eigenvalue weighted by Gasteiger charge is 2.31. The van der Waals surface area contributed by atoms with E-state index in [2.05, 4.69) is 10.2 Å². The molecule has 2 aliphatic heterocycles. The first-order chi connectivity index (χ1) is 5.38. The van der Waals surface area contributed by atoms with Crippen molar-refractivity contribution < 1.29 is 5.11 Å². The number of aliphatic hydroxyl groups is 1. The van der Waals surface area contributed by atoms with Crippen LogP contribution in [0.5, 0.6) is 0 Å². The normalized spacial score (nSPS) is 40.1. The molecule has 3 nitrogen and oxygen atoms in total. The molecule has 3 heteroatoms. The molecule has 0 aromatic carbocycles. The second-order valence-electron chi connectivity index (χ2n) is 3.54. The summed E-state index contributed by atoms with van der Waals surface area (Å²) in [5, 5.41) is 12.8. The molecule has 0 aromatic heterocycles. The van der Waals surface area contributed by atoms with Crippen molar-refractivity contribution in [2.45, 2.75) is 25.0 Å². The minimum absolute atomic E-state index is 0.131. The number of aliphatic hydroxyl groups excluding tert-OH is 1. The van der Waals surface area contributed by atoms with Crippen LogP contribution in [0.3, 0.4) is 0 Å². The molecule has 0 saturated carbocycles. The molecule has 0 aliphatic carbocycles. The number of nitrogens with one attached hydrogen (secondary N) is 1. The van der Waals surface area contributed by atoms with E-state index in [1.165, 1.54) is 25.9 Å². The fourth-order valence-corrected chi connectivity index (χ4v) is 2.10. The highest BCUT2D eigenvalue weighted by atomic mass is 16.3. The van der Waals surface area contributed by atoms with Crippen molar-refractivity contribution in [2.75, 3.05) is 26.2 Å². The van der Waals surface area contributed by atoms with E-state index >= 15 is 0 Å². The van der Waals surface area contributed by atoms with Gasteiger partial charge in [0, 0.05) is 19.1 Å². The van der Waals surface area contributed by atoms with Gasteiger partial charge in [0.15, 0.2) is 0 Å². The molecule has 0 amide bonds. The van der Waals surface area contributed by atoms with Crippen molar-refractivity contribution in [1.82, 2.24) is 10.2 Å². The molecule has 2 atom stereocenters. The van der Waals surface area contributed by atoms with Crippen LogP contribution in [0, 0.1) is 0 Å². The van der Waals surface area contributed by atoms with E-state index in [9.17, 15) is 5.11 Å². The smallest absolute Gasteiger partial charge is 0.0831 e. The van der Waals surface area contributed by atoms with Crippen LogP contribution in [0.4, 0.5) is 0 Å². The number of rotatable bonds is 1. The Kier molecular flexibility index (Phi) is 2.11. The van der Waals surface area contributed by atoms with Gasteiger partial charge in [-0.3, -0.25) is 4.90 Å². The first-order valence-electron chi connectivity index (χ1n) is 4.51. The molecule has 2 aliphatic rings. The molecule has 11 heavy (non-hydrogen) atoms. The molecule has 2 fully saturated rings. The van der Waals surface area contributed by atoms with E-state index in [1.807, 2.05) is 0 Å². The van der Waals surface area contributed by atoms with Gasteiger partial charge in [-0.2, -0.15) is 0 Å². The second-order valence-corrected chi connectivity index (χ2v) is 3.54. The molecule has 64 valence electrons. The van der Waals surface area contributed by atoms with Crippen LogP contribution in [-0.2, 0) is 0 Å². The lowest BCUT2D eigenvalue weighted by molar-refractivity contribution is 0.0985. The molecular formula is C8H16N2O. The Bertz CT molecular complexity index is 134. The number of nitrogens with zero attached hydrogens (tertiary/aromatic N) is 1. The molecule has 0 aromatic rings. The Morgan fingerprint density at radius 2 is 1.91 bits per heavy atom. The Balaban J connectivity index is 1.92. The maximum Gasteiger partial charge on any atom is 0.0831 e. The zero-order chi connectivity index (χ0) is 7.68. The molecule has 0 bridgehead atoms. The van der Waals surface area contributed by atoms with Crippen molar-refractivity contribution >= 4 is 0 Å². The Labute approximate surface area is 67.4 Å². The highest BCUT2D eigenvalue weighted by Crippen LogP contribution is 2.16. The molecule has 2 heterocycles. The number of likely N-dealkylation sites (tertiary alicyclic amines) is 1. The monoisotopic (exact) mass is 156 g/mol. The summed E-state index contributed by atoms with van der Waals surface area (Å²) in [5.41, 5.74) is 0. The Morgan fingerprint density at radius 3 is 2.45 bits per heavy atom. The number of hydrogen-bond acceptors (Lipinski definition) is 3. The van der Waals surface area contributed by atoms with Gasteiger partial charge in [-0.05, 0) is 25.9 Å². The van der Waals surface area contributed by atoms with E-state index in [4.69, 9.17) is 0 Å². The summed E-state index contributed by atoms with van der Waals surface area (Å²) in [6.45, 7) is 4.12. The van der Waals surface area contributed by atoms with E-state index in [1.54, 1.807) is 0 Å². The molecule has 2 rings (SSSR count). The SMILES string of the molecule is O[C@H]1CNCC1N1CCCC1. The summed E-state index contributed by atoms with van der Waals surface area (Å²) in [6.07, 6.45) is 2.49. The van der Waals surface area contributed by atoms with Crippen molar-refractivity contribution in [3.05, 3.63) is 0 Å². The summed E-state index contributed by atoms with van der Waals surface area (Å²) in [5.74, 6) is 0. The van der Waals surface area contributed by atoms with Gasteiger partial charge in [-0.25, -0.2) is 0 Å².